The predicted octanol–water partition coefficient (Wildman–Crippen LogP) is 3.69. The van der Waals surface area contributed by atoms with Gasteiger partial charge in [0.2, 0.25) is 5.95 Å². The average molecular weight is 479 g/mol. The SMILES string of the molecule is CN(C)c1nc(N2CCN(C3CCCCC3)CC2)nc2c1CN(C(=O)OCc1ccccc1)CC2. The summed E-state index contributed by atoms with van der Waals surface area (Å²) in [5.41, 5.74) is 3.08. The summed E-state index contributed by atoms with van der Waals surface area (Å²) in [6.07, 6.45) is 7.29. The minimum atomic E-state index is -0.285. The maximum Gasteiger partial charge on any atom is 0.410 e. The van der Waals surface area contributed by atoms with Gasteiger partial charge in [0.05, 0.1) is 12.2 Å². The van der Waals surface area contributed by atoms with Crippen molar-refractivity contribution >= 4 is 17.9 Å². The number of carbonyl (C=O) groups excluding carboxylic acids is 1. The third kappa shape index (κ3) is 5.53. The van der Waals surface area contributed by atoms with Gasteiger partial charge in [-0.25, -0.2) is 9.78 Å². The molecule has 1 aromatic heterocycles. The molecular formula is C27H38N6O2. The molecule has 0 N–H and O–H groups in total. The third-order valence-corrected chi connectivity index (χ3v) is 7.60. The van der Waals surface area contributed by atoms with Gasteiger partial charge in [-0.3, -0.25) is 4.90 Å². The minimum absolute atomic E-state index is 0.284. The number of piperazine rings is 1. The minimum Gasteiger partial charge on any atom is -0.445 e. The van der Waals surface area contributed by atoms with Crippen LogP contribution in [0.5, 0.6) is 0 Å². The van der Waals surface area contributed by atoms with E-state index in [1.54, 1.807) is 4.90 Å². The van der Waals surface area contributed by atoms with Gasteiger partial charge in [-0.15, -0.1) is 0 Å². The fourth-order valence-corrected chi connectivity index (χ4v) is 5.60. The van der Waals surface area contributed by atoms with Crippen LogP contribution < -0.4 is 9.80 Å². The van der Waals surface area contributed by atoms with Gasteiger partial charge in [0, 0.05) is 64.8 Å². The number of hydrogen-bond acceptors (Lipinski definition) is 7. The summed E-state index contributed by atoms with van der Waals surface area (Å²) in [5, 5.41) is 0. The zero-order valence-electron chi connectivity index (χ0n) is 21.2. The Morgan fingerprint density at radius 2 is 1.74 bits per heavy atom. The summed E-state index contributed by atoms with van der Waals surface area (Å²) in [4.78, 5) is 31.6. The van der Waals surface area contributed by atoms with E-state index in [0.717, 1.165) is 60.8 Å². The lowest BCUT2D eigenvalue weighted by molar-refractivity contribution is 0.0916. The molecule has 8 heteroatoms. The lowest BCUT2D eigenvalue weighted by Gasteiger charge is -2.41. The number of hydrogen-bond donors (Lipinski definition) is 0. The molecule has 0 atom stereocenters. The van der Waals surface area contributed by atoms with Crippen molar-refractivity contribution in [3.05, 3.63) is 47.2 Å². The number of benzene rings is 1. The van der Waals surface area contributed by atoms with E-state index in [4.69, 9.17) is 14.7 Å². The second-order valence-electron chi connectivity index (χ2n) is 10.2. The van der Waals surface area contributed by atoms with Crippen LogP contribution in [0.1, 0.15) is 48.9 Å². The Kier molecular flexibility index (Phi) is 7.37. The topological polar surface area (TPSA) is 65.0 Å². The molecule has 0 radical (unpaired) electrons. The summed E-state index contributed by atoms with van der Waals surface area (Å²) < 4.78 is 5.58. The number of carbonyl (C=O) groups is 1. The first kappa shape index (κ1) is 23.9. The number of rotatable bonds is 5. The molecule has 1 saturated carbocycles. The highest BCUT2D eigenvalue weighted by Crippen LogP contribution is 2.30. The molecule has 2 fully saturated rings. The molecule has 5 rings (SSSR count). The smallest absolute Gasteiger partial charge is 0.410 e. The van der Waals surface area contributed by atoms with Crippen molar-refractivity contribution in [1.82, 2.24) is 19.8 Å². The first-order valence-electron chi connectivity index (χ1n) is 13.1. The number of fused-ring (bicyclic) bond motifs is 1. The lowest BCUT2D eigenvalue weighted by atomic mass is 9.94. The monoisotopic (exact) mass is 478 g/mol. The number of aromatic nitrogens is 2. The van der Waals surface area contributed by atoms with Crippen molar-refractivity contribution in [2.75, 3.05) is 56.6 Å². The van der Waals surface area contributed by atoms with E-state index in [-0.39, 0.29) is 12.7 Å². The normalized spacial score (nSPS) is 19.4. The zero-order valence-corrected chi connectivity index (χ0v) is 21.2. The van der Waals surface area contributed by atoms with Crippen LogP contribution in [0.25, 0.3) is 0 Å². The van der Waals surface area contributed by atoms with Gasteiger partial charge in [0.25, 0.3) is 0 Å². The van der Waals surface area contributed by atoms with Gasteiger partial charge in [-0.2, -0.15) is 4.98 Å². The Bertz CT molecular complexity index is 1000. The molecule has 0 bridgehead atoms. The summed E-state index contributed by atoms with van der Waals surface area (Å²) in [5.74, 6) is 1.73. The largest absolute Gasteiger partial charge is 0.445 e. The third-order valence-electron chi connectivity index (χ3n) is 7.60. The molecule has 2 aliphatic heterocycles. The molecule has 2 aromatic rings. The zero-order chi connectivity index (χ0) is 24.2. The quantitative estimate of drug-likeness (QED) is 0.649. The summed E-state index contributed by atoms with van der Waals surface area (Å²) in [6.45, 7) is 5.49. The van der Waals surface area contributed by atoms with Gasteiger partial charge in [-0.05, 0) is 18.4 Å². The van der Waals surface area contributed by atoms with Crippen LogP contribution in [-0.4, -0.2) is 78.7 Å². The highest BCUT2D eigenvalue weighted by molar-refractivity contribution is 5.69. The maximum absolute atomic E-state index is 12.8. The van der Waals surface area contributed by atoms with Crippen molar-refractivity contribution in [2.45, 2.75) is 57.7 Å². The standard InChI is InChI=1S/C27H38N6O2/c1-30(2)25-23-19-33(27(34)35-20-21-9-5-3-6-10-21)14-13-24(23)28-26(29-25)32-17-15-31(16-18-32)22-11-7-4-8-12-22/h3,5-6,9-10,22H,4,7-8,11-20H2,1-2H3. The Balaban J connectivity index is 1.25. The van der Waals surface area contributed by atoms with Gasteiger partial charge < -0.3 is 19.4 Å². The van der Waals surface area contributed by atoms with Crippen molar-refractivity contribution in [3.63, 3.8) is 0 Å². The first-order valence-corrected chi connectivity index (χ1v) is 13.1. The molecule has 1 aliphatic carbocycles. The van der Waals surface area contributed by atoms with Crippen molar-refractivity contribution < 1.29 is 9.53 Å². The van der Waals surface area contributed by atoms with Gasteiger partial charge in [0.15, 0.2) is 0 Å². The Hall–Kier alpha value is -2.87. The van der Waals surface area contributed by atoms with E-state index in [0.29, 0.717) is 19.5 Å². The van der Waals surface area contributed by atoms with Gasteiger partial charge in [0.1, 0.15) is 12.4 Å². The van der Waals surface area contributed by atoms with E-state index in [9.17, 15) is 4.79 Å². The number of ether oxygens (including phenoxy) is 1. The van der Waals surface area contributed by atoms with E-state index in [1.807, 2.05) is 49.3 Å². The van der Waals surface area contributed by atoms with Crippen LogP contribution in [0.15, 0.2) is 30.3 Å². The van der Waals surface area contributed by atoms with Crippen LogP contribution in [0.4, 0.5) is 16.6 Å². The van der Waals surface area contributed by atoms with Crippen LogP contribution in [-0.2, 0) is 24.3 Å². The highest BCUT2D eigenvalue weighted by atomic mass is 16.6. The lowest BCUT2D eigenvalue weighted by Crippen LogP contribution is -2.51. The molecule has 1 saturated heterocycles. The molecule has 1 amide bonds. The van der Waals surface area contributed by atoms with E-state index in [2.05, 4.69) is 9.80 Å². The Morgan fingerprint density at radius 1 is 1.00 bits per heavy atom. The molecular weight excluding hydrogens is 440 g/mol. The van der Waals surface area contributed by atoms with Crippen LogP contribution in [0.3, 0.4) is 0 Å². The van der Waals surface area contributed by atoms with Crippen LogP contribution in [0, 0.1) is 0 Å². The molecule has 1 aromatic carbocycles. The summed E-state index contributed by atoms with van der Waals surface area (Å²) in [7, 11) is 4.03. The molecule has 8 nitrogen and oxygen atoms in total. The summed E-state index contributed by atoms with van der Waals surface area (Å²) >= 11 is 0. The van der Waals surface area contributed by atoms with Gasteiger partial charge >= 0.3 is 6.09 Å². The predicted molar refractivity (Wildman–Crippen MR) is 138 cm³/mol. The van der Waals surface area contributed by atoms with Gasteiger partial charge in [-0.1, -0.05) is 49.6 Å². The molecule has 3 heterocycles. The highest BCUT2D eigenvalue weighted by Gasteiger charge is 2.30. The Labute approximate surface area is 208 Å². The maximum atomic E-state index is 12.8. The van der Waals surface area contributed by atoms with Crippen molar-refractivity contribution in [2.24, 2.45) is 0 Å². The van der Waals surface area contributed by atoms with E-state index < -0.39 is 0 Å². The number of nitrogens with zero attached hydrogens (tertiary/aromatic N) is 6. The van der Waals surface area contributed by atoms with E-state index >= 15 is 0 Å². The second-order valence-corrected chi connectivity index (χ2v) is 10.2. The average Bonchev–Trinajstić information content (AvgIpc) is 2.92. The van der Waals surface area contributed by atoms with Crippen molar-refractivity contribution in [1.29, 1.82) is 0 Å². The molecule has 35 heavy (non-hydrogen) atoms. The van der Waals surface area contributed by atoms with E-state index in [1.165, 1.54) is 32.1 Å². The molecule has 188 valence electrons. The van der Waals surface area contributed by atoms with Crippen LogP contribution >= 0.6 is 0 Å². The Morgan fingerprint density at radius 3 is 2.46 bits per heavy atom. The number of amides is 1. The molecule has 0 spiro atoms. The second kappa shape index (κ2) is 10.8. The van der Waals surface area contributed by atoms with Crippen molar-refractivity contribution in [3.8, 4) is 0 Å². The summed E-state index contributed by atoms with van der Waals surface area (Å²) in [6, 6.07) is 10.6. The van der Waals surface area contributed by atoms with Crippen LogP contribution in [0.2, 0.25) is 0 Å². The fraction of sp³-hybridized carbons (Fsp3) is 0.593. The first-order chi connectivity index (χ1) is 17.1. The fourth-order valence-electron chi connectivity index (χ4n) is 5.60. The molecule has 0 unspecified atom stereocenters. The number of anilines is 2. The molecule has 3 aliphatic rings.